The molecular formula is C12H15NO3. The highest BCUT2D eigenvalue weighted by molar-refractivity contribution is 5.79. The van der Waals surface area contributed by atoms with Gasteiger partial charge in [0.2, 0.25) is 5.91 Å². The van der Waals surface area contributed by atoms with Gasteiger partial charge in [-0.15, -0.1) is 0 Å². The van der Waals surface area contributed by atoms with Crippen molar-refractivity contribution >= 4 is 11.9 Å². The number of carbonyl (C=O) groups excluding carboxylic acids is 2. The third kappa shape index (κ3) is 3.08. The highest BCUT2D eigenvalue weighted by Gasteiger charge is 2.12. The van der Waals surface area contributed by atoms with Gasteiger partial charge in [0.15, 0.2) is 0 Å². The zero-order valence-corrected chi connectivity index (χ0v) is 9.66. The third-order valence-electron chi connectivity index (χ3n) is 2.11. The lowest BCUT2D eigenvalue weighted by molar-refractivity contribution is -0.132. The number of hydrogen-bond acceptors (Lipinski definition) is 3. The predicted octanol–water partition coefficient (Wildman–Crippen LogP) is 1.26. The summed E-state index contributed by atoms with van der Waals surface area (Å²) in [7, 11) is 0. The fourth-order valence-corrected chi connectivity index (χ4v) is 1.65. The van der Waals surface area contributed by atoms with E-state index in [1.807, 2.05) is 19.9 Å². The number of carbonyl (C=O) groups is 2. The smallest absolute Gasteiger partial charge is 0.308 e. The minimum absolute atomic E-state index is 0.0745. The molecule has 0 radical (unpaired) electrons. The van der Waals surface area contributed by atoms with Crippen molar-refractivity contribution in [3.8, 4) is 5.75 Å². The van der Waals surface area contributed by atoms with E-state index in [1.165, 1.54) is 6.92 Å². The number of aryl methyl sites for hydroxylation is 2. The van der Waals surface area contributed by atoms with Crippen molar-refractivity contribution in [2.24, 2.45) is 5.73 Å². The molecule has 0 unspecified atom stereocenters. The van der Waals surface area contributed by atoms with Crippen molar-refractivity contribution in [1.29, 1.82) is 0 Å². The number of primary amides is 1. The lowest BCUT2D eigenvalue weighted by atomic mass is 10.0. The van der Waals surface area contributed by atoms with E-state index in [9.17, 15) is 9.59 Å². The number of amides is 1. The zero-order chi connectivity index (χ0) is 12.3. The summed E-state index contributed by atoms with van der Waals surface area (Å²) in [4.78, 5) is 21.9. The zero-order valence-electron chi connectivity index (χ0n) is 9.66. The van der Waals surface area contributed by atoms with Crippen LogP contribution in [-0.4, -0.2) is 11.9 Å². The second-order valence-corrected chi connectivity index (χ2v) is 3.81. The van der Waals surface area contributed by atoms with Crippen LogP contribution in [0.3, 0.4) is 0 Å². The third-order valence-corrected chi connectivity index (χ3v) is 2.11. The van der Waals surface area contributed by atoms with Gasteiger partial charge in [-0.05, 0) is 19.4 Å². The summed E-state index contributed by atoms with van der Waals surface area (Å²) >= 11 is 0. The van der Waals surface area contributed by atoms with Crippen molar-refractivity contribution in [2.45, 2.75) is 27.2 Å². The normalized spacial score (nSPS) is 9.94. The minimum Gasteiger partial charge on any atom is -0.426 e. The topological polar surface area (TPSA) is 69.4 Å². The number of benzene rings is 1. The molecule has 0 aliphatic heterocycles. The first kappa shape index (κ1) is 12.2. The lowest BCUT2D eigenvalue weighted by Gasteiger charge is -2.12. The van der Waals surface area contributed by atoms with Crippen molar-refractivity contribution in [2.75, 3.05) is 0 Å². The molecule has 0 fully saturated rings. The maximum absolute atomic E-state index is 10.9. The van der Waals surface area contributed by atoms with E-state index in [1.54, 1.807) is 6.07 Å². The molecule has 0 aliphatic rings. The second-order valence-electron chi connectivity index (χ2n) is 3.81. The first-order chi connectivity index (χ1) is 7.40. The molecule has 1 aromatic rings. The highest BCUT2D eigenvalue weighted by atomic mass is 16.5. The van der Waals surface area contributed by atoms with E-state index >= 15 is 0 Å². The second kappa shape index (κ2) is 4.79. The summed E-state index contributed by atoms with van der Waals surface area (Å²) in [5.41, 5.74) is 7.63. The maximum Gasteiger partial charge on any atom is 0.308 e. The van der Waals surface area contributed by atoms with Crippen LogP contribution in [0.15, 0.2) is 12.1 Å². The van der Waals surface area contributed by atoms with Gasteiger partial charge in [-0.25, -0.2) is 0 Å². The summed E-state index contributed by atoms with van der Waals surface area (Å²) in [5.74, 6) is -0.409. The summed E-state index contributed by atoms with van der Waals surface area (Å²) in [6.07, 6.45) is 0.0745. The van der Waals surface area contributed by atoms with Gasteiger partial charge in [-0.2, -0.15) is 0 Å². The lowest BCUT2D eigenvalue weighted by Crippen LogP contribution is -2.16. The number of ether oxygens (including phenoxy) is 1. The predicted molar refractivity (Wildman–Crippen MR) is 60.1 cm³/mol. The molecular weight excluding hydrogens is 206 g/mol. The van der Waals surface area contributed by atoms with Gasteiger partial charge in [0.25, 0.3) is 0 Å². The molecule has 2 N–H and O–H groups in total. The molecule has 0 atom stereocenters. The van der Waals surface area contributed by atoms with Gasteiger partial charge in [-0.3, -0.25) is 9.59 Å². The van der Waals surface area contributed by atoms with Crippen LogP contribution >= 0.6 is 0 Å². The fraction of sp³-hybridized carbons (Fsp3) is 0.333. The quantitative estimate of drug-likeness (QED) is 0.617. The monoisotopic (exact) mass is 221 g/mol. The van der Waals surface area contributed by atoms with E-state index in [2.05, 4.69) is 0 Å². The fourth-order valence-electron chi connectivity index (χ4n) is 1.65. The first-order valence-corrected chi connectivity index (χ1v) is 4.97. The molecule has 0 saturated heterocycles. The number of esters is 1. The van der Waals surface area contributed by atoms with Gasteiger partial charge in [0, 0.05) is 12.5 Å². The molecule has 4 nitrogen and oxygen atoms in total. The molecule has 1 amide bonds. The van der Waals surface area contributed by atoms with E-state index in [4.69, 9.17) is 10.5 Å². The van der Waals surface area contributed by atoms with Crippen LogP contribution in [0.4, 0.5) is 0 Å². The first-order valence-electron chi connectivity index (χ1n) is 4.97. The molecule has 0 spiro atoms. The Kier molecular flexibility index (Phi) is 3.66. The van der Waals surface area contributed by atoms with Crippen LogP contribution in [0, 0.1) is 13.8 Å². The van der Waals surface area contributed by atoms with E-state index < -0.39 is 11.9 Å². The van der Waals surface area contributed by atoms with Gasteiger partial charge in [-0.1, -0.05) is 17.7 Å². The largest absolute Gasteiger partial charge is 0.426 e. The Morgan fingerprint density at radius 3 is 2.44 bits per heavy atom. The Hall–Kier alpha value is -1.84. The van der Waals surface area contributed by atoms with Crippen LogP contribution in [0.25, 0.3) is 0 Å². The van der Waals surface area contributed by atoms with Crippen molar-refractivity contribution < 1.29 is 14.3 Å². The Balaban J connectivity index is 3.20. The molecule has 1 aromatic carbocycles. The van der Waals surface area contributed by atoms with E-state index in [0.717, 1.165) is 11.1 Å². The van der Waals surface area contributed by atoms with Gasteiger partial charge in [0.1, 0.15) is 5.75 Å². The van der Waals surface area contributed by atoms with E-state index in [0.29, 0.717) is 11.3 Å². The molecule has 4 heteroatoms. The molecule has 0 saturated carbocycles. The Morgan fingerprint density at radius 1 is 1.31 bits per heavy atom. The summed E-state index contributed by atoms with van der Waals surface area (Å²) < 4.78 is 5.09. The summed E-state index contributed by atoms with van der Waals surface area (Å²) in [6, 6.07) is 3.69. The van der Waals surface area contributed by atoms with E-state index in [-0.39, 0.29) is 6.42 Å². The highest BCUT2D eigenvalue weighted by Crippen LogP contribution is 2.26. The number of nitrogens with two attached hydrogens (primary N) is 1. The average molecular weight is 221 g/mol. The Morgan fingerprint density at radius 2 is 1.94 bits per heavy atom. The summed E-state index contributed by atoms with van der Waals surface area (Å²) in [5, 5.41) is 0. The van der Waals surface area contributed by atoms with Crippen LogP contribution in [0.2, 0.25) is 0 Å². The number of rotatable bonds is 3. The van der Waals surface area contributed by atoms with Crippen molar-refractivity contribution in [3.05, 3.63) is 28.8 Å². The Bertz CT molecular complexity index is 438. The van der Waals surface area contributed by atoms with Gasteiger partial charge < -0.3 is 10.5 Å². The summed E-state index contributed by atoms with van der Waals surface area (Å²) in [6.45, 7) is 5.07. The van der Waals surface area contributed by atoms with Gasteiger partial charge >= 0.3 is 5.97 Å². The number of hydrogen-bond donors (Lipinski definition) is 1. The van der Waals surface area contributed by atoms with Crippen LogP contribution < -0.4 is 10.5 Å². The standard InChI is InChI=1S/C12H15NO3/c1-7-4-8(2)12(16-9(3)14)10(5-7)6-11(13)15/h4-5H,6H2,1-3H3,(H2,13,15). The Labute approximate surface area is 94.4 Å². The van der Waals surface area contributed by atoms with Crippen LogP contribution in [0.5, 0.6) is 5.75 Å². The maximum atomic E-state index is 10.9. The molecule has 0 heterocycles. The molecule has 1 rings (SSSR count). The molecule has 0 bridgehead atoms. The SMILES string of the molecule is CC(=O)Oc1c(C)cc(C)cc1CC(N)=O. The minimum atomic E-state index is -0.446. The average Bonchev–Trinajstić information content (AvgIpc) is 2.09. The molecule has 16 heavy (non-hydrogen) atoms. The van der Waals surface area contributed by atoms with Gasteiger partial charge in [0.05, 0.1) is 6.42 Å². The van der Waals surface area contributed by atoms with Crippen molar-refractivity contribution in [3.63, 3.8) is 0 Å². The molecule has 86 valence electrons. The van der Waals surface area contributed by atoms with Crippen molar-refractivity contribution in [1.82, 2.24) is 0 Å². The van der Waals surface area contributed by atoms with Crippen LogP contribution in [0.1, 0.15) is 23.6 Å². The van der Waals surface area contributed by atoms with Crippen LogP contribution in [-0.2, 0) is 16.0 Å². The molecule has 0 aromatic heterocycles. The molecule has 0 aliphatic carbocycles.